The quantitative estimate of drug-likeness (QED) is 0.732. The molecule has 2 rings (SSSR count). The zero-order chi connectivity index (χ0) is 12.1. The number of benzene rings is 1. The van der Waals surface area contributed by atoms with Gasteiger partial charge >= 0.3 is 0 Å². The molecule has 0 saturated carbocycles. The lowest BCUT2D eigenvalue weighted by Crippen LogP contribution is -2.09. The van der Waals surface area contributed by atoms with Crippen LogP contribution in [0.15, 0.2) is 47.3 Å². The number of furan rings is 1. The first-order valence-corrected chi connectivity index (χ1v) is 6.13. The zero-order valence-electron chi connectivity index (χ0n) is 9.40. The molecular weight excluding hydrogens is 239 g/mol. The van der Waals surface area contributed by atoms with E-state index in [4.69, 9.17) is 16.0 Å². The molecular formula is C14H14ClFO. The van der Waals surface area contributed by atoms with Crippen molar-refractivity contribution >= 4 is 11.6 Å². The Morgan fingerprint density at radius 1 is 1.06 bits per heavy atom. The Kier molecular flexibility index (Phi) is 4.21. The Balaban J connectivity index is 1.97. The van der Waals surface area contributed by atoms with Crippen LogP contribution in [0.5, 0.6) is 0 Å². The topological polar surface area (TPSA) is 13.1 Å². The van der Waals surface area contributed by atoms with Gasteiger partial charge in [0.1, 0.15) is 5.82 Å². The highest BCUT2D eigenvalue weighted by molar-refractivity contribution is 6.18. The van der Waals surface area contributed by atoms with E-state index in [1.807, 2.05) is 18.2 Å². The molecule has 0 aliphatic carbocycles. The van der Waals surface area contributed by atoms with Gasteiger partial charge in [-0.3, -0.25) is 0 Å². The van der Waals surface area contributed by atoms with Crippen molar-refractivity contribution in [3.63, 3.8) is 0 Å². The van der Waals surface area contributed by atoms with Crippen molar-refractivity contribution in [1.29, 1.82) is 0 Å². The van der Waals surface area contributed by atoms with Gasteiger partial charge in [-0.2, -0.15) is 0 Å². The molecule has 1 aromatic heterocycles. The van der Waals surface area contributed by atoms with Crippen molar-refractivity contribution in [2.45, 2.75) is 12.8 Å². The first-order chi connectivity index (χ1) is 8.28. The highest BCUT2D eigenvalue weighted by Crippen LogP contribution is 2.17. The molecule has 3 heteroatoms. The van der Waals surface area contributed by atoms with Crippen LogP contribution in [-0.4, -0.2) is 5.88 Å². The van der Waals surface area contributed by atoms with Crippen LogP contribution in [0.1, 0.15) is 11.1 Å². The van der Waals surface area contributed by atoms with E-state index in [9.17, 15) is 4.39 Å². The minimum absolute atomic E-state index is 0.203. The van der Waals surface area contributed by atoms with E-state index in [1.165, 1.54) is 12.1 Å². The zero-order valence-corrected chi connectivity index (χ0v) is 10.2. The van der Waals surface area contributed by atoms with Crippen LogP contribution < -0.4 is 0 Å². The van der Waals surface area contributed by atoms with Crippen LogP contribution in [0, 0.1) is 11.7 Å². The van der Waals surface area contributed by atoms with Crippen LogP contribution in [0.3, 0.4) is 0 Å². The lowest BCUT2D eigenvalue weighted by atomic mass is 9.95. The van der Waals surface area contributed by atoms with E-state index in [-0.39, 0.29) is 5.82 Å². The highest BCUT2D eigenvalue weighted by Gasteiger charge is 2.10. The van der Waals surface area contributed by atoms with Crippen molar-refractivity contribution < 1.29 is 8.81 Å². The molecule has 0 aliphatic heterocycles. The first-order valence-electron chi connectivity index (χ1n) is 5.59. The second kappa shape index (κ2) is 5.87. The molecule has 0 spiro atoms. The van der Waals surface area contributed by atoms with Crippen LogP contribution in [0.4, 0.5) is 4.39 Å². The molecule has 0 bridgehead atoms. The summed E-state index contributed by atoms with van der Waals surface area (Å²) >= 11 is 5.96. The Labute approximate surface area is 105 Å². The fraction of sp³-hybridized carbons (Fsp3) is 0.286. The summed E-state index contributed by atoms with van der Waals surface area (Å²) in [6.45, 7) is 0. The predicted octanol–water partition coefficient (Wildman–Crippen LogP) is 4.06. The summed E-state index contributed by atoms with van der Waals surface area (Å²) in [5.74, 6) is 0.730. The van der Waals surface area contributed by atoms with Crippen LogP contribution >= 0.6 is 11.6 Å². The van der Waals surface area contributed by atoms with Crippen molar-refractivity contribution in [3.8, 4) is 0 Å². The minimum Gasteiger partial charge on any atom is -0.472 e. The molecule has 0 amide bonds. The predicted molar refractivity (Wildman–Crippen MR) is 66.7 cm³/mol. The van der Waals surface area contributed by atoms with Crippen molar-refractivity contribution in [2.75, 3.05) is 5.88 Å². The fourth-order valence-electron chi connectivity index (χ4n) is 1.88. The van der Waals surface area contributed by atoms with E-state index in [0.717, 1.165) is 24.0 Å². The van der Waals surface area contributed by atoms with Gasteiger partial charge in [0.25, 0.3) is 0 Å². The molecule has 1 nitrogen and oxygen atoms in total. The van der Waals surface area contributed by atoms with Gasteiger partial charge in [-0.05, 0) is 48.1 Å². The van der Waals surface area contributed by atoms with Crippen molar-refractivity contribution in [2.24, 2.45) is 5.92 Å². The molecule has 17 heavy (non-hydrogen) atoms. The summed E-state index contributed by atoms with van der Waals surface area (Å²) in [6.07, 6.45) is 5.15. The second-order valence-electron chi connectivity index (χ2n) is 4.19. The number of hydrogen-bond donors (Lipinski definition) is 0. The van der Waals surface area contributed by atoms with E-state index in [1.54, 1.807) is 12.5 Å². The third-order valence-electron chi connectivity index (χ3n) is 2.76. The Hall–Kier alpha value is -1.28. The van der Waals surface area contributed by atoms with Gasteiger partial charge in [0.05, 0.1) is 12.5 Å². The first kappa shape index (κ1) is 12.2. The molecule has 1 atom stereocenters. The number of halogens is 2. The summed E-state index contributed by atoms with van der Waals surface area (Å²) in [7, 11) is 0. The molecule has 1 unspecified atom stereocenters. The SMILES string of the molecule is Fc1ccc(CC(CCl)Cc2ccoc2)cc1. The van der Waals surface area contributed by atoms with Crippen molar-refractivity contribution in [1.82, 2.24) is 0 Å². The van der Waals surface area contributed by atoms with Gasteiger partial charge in [-0.1, -0.05) is 12.1 Å². The maximum absolute atomic E-state index is 12.8. The van der Waals surface area contributed by atoms with Crippen LogP contribution in [0.2, 0.25) is 0 Å². The smallest absolute Gasteiger partial charge is 0.123 e. The lowest BCUT2D eigenvalue weighted by molar-refractivity contribution is 0.547. The molecule has 0 aliphatic rings. The standard InChI is InChI=1S/C14H14ClFO/c15-9-13(8-12-5-6-17-10-12)7-11-1-3-14(16)4-2-11/h1-6,10,13H,7-9H2. The van der Waals surface area contributed by atoms with Crippen molar-refractivity contribution in [3.05, 3.63) is 59.8 Å². The van der Waals surface area contributed by atoms with Gasteiger partial charge in [-0.15, -0.1) is 11.6 Å². The van der Waals surface area contributed by atoms with Gasteiger partial charge in [0.15, 0.2) is 0 Å². The van der Waals surface area contributed by atoms with Crippen LogP contribution in [-0.2, 0) is 12.8 Å². The maximum atomic E-state index is 12.8. The molecule has 90 valence electrons. The third-order valence-corrected chi connectivity index (χ3v) is 3.20. The number of hydrogen-bond acceptors (Lipinski definition) is 1. The van der Waals surface area contributed by atoms with E-state index >= 15 is 0 Å². The lowest BCUT2D eigenvalue weighted by Gasteiger charge is -2.12. The van der Waals surface area contributed by atoms with E-state index < -0.39 is 0 Å². The van der Waals surface area contributed by atoms with Gasteiger partial charge in [0.2, 0.25) is 0 Å². The average molecular weight is 253 g/mol. The van der Waals surface area contributed by atoms with Crippen LogP contribution in [0.25, 0.3) is 0 Å². The van der Waals surface area contributed by atoms with E-state index in [2.05, 4.69) is 0 Å². The third kappa shape index (κ3) is 3.60. The maximum Gasteiger partial charge on any atom is 0.123 e. The largest absolute Gasteiger partial charge is 0.472 e. The van der Waals surface area contributed by atoms with E-state index in [0.29, 0.717) is 11.8 Å². The Morgan fingerprint density at radius 2 is 1.76 bits per heavy atom. The summed E-state index contributed by atoms with van der Waals surface area (Å²) in [6, 6.07) is 8.54. The van der Waals surface area contributed by atoms with Gasteiger partial charge in [-0.25, -0.2) is 4.39 Å². The summed E-state index contributed by atoms with van der Waals surface area (Å²) in [4.78, 5) is 0. The van der Waals surface area contributed by atoms with Gasteiger partial charge in [0, 0.05) is 5.88 Å². The Bertz CT molecular complexity index is 436. The normalized spacial score (nSPS) is 12.6. The molecule has 0 N–H and O–H groups in total. The Morgan fingerprint density at radius 3 is 2.35 bits per heavy atom. The number of rotatable bonds is 5. The monoisotopic (exact) mass is 252 g/mol. The summed E-state index contributed by atoms with van der Waals surface area (Å²) < 4.78 is 17.8. The molecule has 0 fully saturated rings. The van der Waals surface area contributed by atoms with Gasteiger partial charge < -0.3 is 4.42 Å². The second-order valence-corrected chi connectivity index (χ2v) is 4.50. The molecule has 0 radical (unpaired) electrons. The molecule has 1 heterocycles. The molecule has 1 aromatic carbocycles. The summed E-state index contributed by atoms with van der Waals surface area (Å²) in [5, 5.41) is 0. The fourth-order valence-corrected chi connectivity index (χ4v) is 2.10. The number of alkyl halides is 1. The minimum atomic E-state index is -0.203. The molecule has 0 saturated heterocycles. The highest BCUT2D eigenvalue weighted by atomic mass is 35.5. The average Bonchev–Trinajstić information content (AvgIpc) is 2.84. The summed E-state index contributed by atoms with van der Waals surface area (Å²) in [5.41, 5.74) is 2.26. The molecule has 2 aromatic rings.